The molecule has 14 heteroatoms. The fraction of sp³-hybridized carbons (Fsp3) is 0.263. The Kier molecular flexibility index (Phi) is 8.69. The van der Waals surface area contributed by atoms with E-state index < -0.39 is 36.1 Å². The van der Waals surface area contributed by atoms with E-state index in [9.17, 15) is 32.8 Å². The number of halogens is 2. The minimum Gasteiger partial charge on any atom is -0.497 e. The van der Waals surface area contributed by atoms with Crippen LogP contribution < -0.4 is 26.2 Å². The monoisotopic (exact) mass is 708 g/mol. The number of pyridine rings is 1. The molecule has 3 N–H and O–H groups in total. The number of benzene rings is 3. The van der Waals surface area contributed by atoms with Gasteiger partial charge in [0.2, 0.25) is 11.8 Å². The number of hydrogen-bond acceptors (Lipinski definition) is 9. The standard InChI is InChI=1S/C38H34F2N6O6/c1-19-11-28-31(44(2)36(19)49)14-23(52-3)15-32(28)45-10-4-5-20-12-25(26(34(39)40)16-30(20)45)21(17-41)18-42-22-6-7-24-27(13-22)38(51)46(37(24)50)29-8-9-33(47)43-35(29)48/h6-7,11-18,29,34H,4-5,8-10,41H2,1-3H3,(H,43,47,48)/b21-17+,42-18?. The number of aryl methyl sites for hydroxylation is 3. The van der Waals surface area contributed by atoms with Crippen LogP contribution in [-0.4, -0.2) is 59.0 Å². The number of anilines is 2. The molecule has 1 atom stereocenters. The van der Waals surface area contributed by atoms with Crippen molar-refractivity contribution >= 4 is 63.4 Å². The summed E-state index contributed by atoms with van der Waals surface area (Å²) in [4.78, 5) is 70.4. The summed E-state index contributed by atoms with van der Waals surface area (Å²) < 4.78 is 36.9. The number of carbonyl (C=O) groups excluding carboxylic acids is 4. The number of imide groups is 2. The fourth-order valence-corrected chi connectivity index (χ4v) is 7.23. The second kappa shape index (κ2) is 13.2. The van der Waals surface area contributed by atoms with E-state index in [1.807, 2.05) is 17.0 Å². The first kappa shape index (κ1) is 34.3. The van der Waals surface area contributed by atoms with E-state index in [4.69, 9.17) is 10.5 Å². The predicted octanol–water partition coefficient (Wildman–Crippen LogP) is 4.98. The van der Waals surface area contributed by atoms with Gasteiger partial charge in [0.15, 0.2) is 0 Å². The topological polar surface area (TPSA) is 156 Å². The SMILES string of the molecule is COc1cc(N2CCCc3cc(/C(C=Nc4ccc5c(c4)C(=O)N(C4CCC(=O)NC4=O)C5=O)=C/N)c(C(F)F)cc32)c2cc(C)c(=O)n(C)c2c1. The number of amides is 4. The third-order valence-electron chi connectivity index (χ3n) is 9.87. The van der Waals surface area contributed by atoms with Gasteiger partial charge in [0, 0.05) is 72.3 Å². The number of ether oxygens (including phenoxy) is 1. The molecule has 3 aliphatic heterocycles. The Morgan fingerprint density at radius 3 is 2.48 bits per heavy atom. The highest BCUT2D eigenvalue weighted by atomic mass is 19.3. The van der Waals surface area contributed by atoms with Crippen LogP contribution in [0.15, 0.2) is 64.5 Å². The van der Waals surface area contributed by atoms with Crippen molar-refractivity contribution in [3.63, 3.8) is 0 Å². The number of hydrogen-bond donors (Lipinski definition) is 2. The first-order chi connectivity index (χ1) is 24.9. The molecule has 1 unspecified atom stereocenters. The molecule has 0 spiro atoms. The quantitative estimate of drug-likeness (QED) is 0.201. The first-order valence-electron chi connectivity index (χ1n) is 16.6. The Balaban J connectivity index is 1.23. The van der Waals surface area contributed by atoms with Crippen LogP contribution in [0, 0.1) is 6.92 Å². The van der Waals surface area contributed by atoms with Gasteiger partial charge in [-0.3, -0.25) is 39.2 Å². The molecule has 12 nitrogen and oxygen atoms in total. The van der Waals surface area contributed by atoms with Crippen molar-refractivity contribution in [3.05, 3.63) is 98.5 Å². The van der Waals surface area contributed by atoms with E-state index in [1.54, 1.807) is 30.7 Å². The van der Waals surface area contributed by atoms with Crippen LogP contribution in [0.1, 0.15) is 68.7 Å². The molecule has 52 heavy (non-hydrogen) atoms. The van der Waals surface area contributed by atoms with Gasteiger partial charge in [0.05, 0.1) is 35.1 Å². The normalized spacial score (nSPS) is 17.7. The van der Waals surface area contributed by atoms with Crippen LogP contribution in [0.4, 0.5) is 25.8 Å². The number of alkyl halides is 2. The molecule has 266 valence electrons. The Labute approximate surface area is 296 Å². The third-order valence-corrected chi connectivity index (χ3v) is 9.87. The summed E-state index contributed by atoms with van der Waals surface area (Å²) in [5.41, 5.74) is 9.68. The lowest BCUT2D eigenvalue weighted by Gasteiger charge is -2.34. The van der Waals surface area contributed by atoms with Gasteiger partial charge in [0.25, 0.3) is 23.8 Å². The lowest BCUT2D eigenvalue weighted by Crippen LogP contribution is -2.54. The maximum atomic E-state index is 14.9. The van der Waals surface area contributed by atoms with Gasteiger partial charge >= 0.3 is 0 Å². The largest absolute Gasteiger partial charge is 0.497 e. The van der Waals surface area contributed by atoms with Gasteiger partial charge in [-0.15, -0.1) is 0 Å². The van der Waals surface area contributed by atoms with Crippen LogP contribution in [0.5, 0.6) is 5.75 Å². The summed E-state index contributed by atoms with van der Waals surface area (Å²) >= 11 is 0. The smallest absolute Gasteiger partial charge is 0.264 e. The van der Waals surface area contributed by atoms with Gasteiger partial charge in [-0.1, -0.05) is 0 Å². The maximum Gasteiger partial charge on any atom is 0.264 e. The average molecular weight is 709 g/mol. The number of carbonyl (C=O) groups is 4. The third kappa shape index (κ3) is 5.69. The molecule has 4 aromatic rings. The molecule has 0 aliphatic carbocycles. The summed E-state index contributed by atoms with van der Waals surface area (Å²) in [6.07, 6.45) is 0.984. The van der Waals surface area contributed by atoms with E-state index in [-0.39, 0.29) is 51.9 Å². The number of rotatable bonds is 7. The van der Waals surface area contributed by atoms with Crippen molar-refractivity contribution < 1.29 is 32.7 Å². The van der Waals surface area contributed by atoms with Crippen LogP contribution in [0.2, 0.25) is 0 Å². The van der Waals surface area contributed by atoms with Crippen LogP contribution >= 0.6 is 0 Å². The van der Waals surface area contributed by atoms with Crippen molar-refractivity contribution in [2.45, 2.75) is 45.1 Å². The maximum absolute atomic E-state index is 14.9. The number of nitrogens with zero attached hydrogens (tertiary/aromatic N) is 4. The van der Waals surface area contributed by atoms with Gasteiger partial charge in [-0.25, -0.2) is 8.78 Å². The van der Waals surface area contributed by atoms with Crippen molar-refractivity contribution in [1.29, 1.82) is 0 Å². The molecular weight excluding hydrogens is 674 g/mol. The highest BCUT2D eigenvalue weighted by Gasteiger charge is 2.44. The van der Waals surface area contributed by atoms with Gasteiger partial charge in [0.1, 0.15) is 11.8 Å². The summed E-state index contributed by atoms with van der Waals surface area (Å²) in [5, 5.41) is 2.94. The predicted molar refractivity (Wildman–Crippen MR) is 191 cm³/mol. The number of allylic oxidation sites excluding steroid dienone is 1. The Bertz CT molecular complexity index is 2350. The second-order valence-electron chi connectivity index (χ2n) is 13.0. The van der Waals surface area contributed by atoms with E-state index in [2.05, 4.69) is 10.3 Å². The first-order valence-corrected chi connectivity index (χ1v) is 16.6. The molecule has 3 aromatic carbocycles. The van der Waals surface area contributed by atoms with Crippen molar-refractivity contribution in [2.24, 2.45) is 17.8 Å². The molecular formula is C38H34F2N6O6. The Morgan fingerprint density at radius 1 is 1.00 bits per heavy atom. The van der Waals surface area contributed by atoms with Crippen LogP contribution in [0.25, 0.3) is 16.5 Å². The zero-order chi connectivity index (χ0) is 37.0. The number of nitrogens with two attached hydrogens (primary N) is 1. The number of piperidine rings is 1. The summed E-state index contributed by atoms with van der Waals surface area (Å²) in [5.74, 6) is -2.02. The molecule has 4 amide bonds. The Morgan fingerprint density at radius 2 is 1.77 bits per heavy atom. The summed E-state index contributed by atoms with van der Waals surface area (Å²) in [7, 11) is 3.21. The number of fused-ring (bicyclic) bond motifs is 3. The highest BCUT2D eigenvalue weighted by Crippen LogP contribution is 2.43. The number of methoxy groups -OCH3 is 1. The second-order valence-corrected chi connectivity index (χ2v) is 13.0. The van der Waals surface area contributed by atoms with Gasteiger partial charge in [-0.2, -0.15) is 0 Å². The van der Waals surface area contributed by atoms with Crippen molar-refractivity contribution in [3.8, 4) is 5.75 Å². The molecule has 0 saturated carbocycles. The average Bonchev–Trinajstić information content (AvgIpc) is 3.38. The molecule has 3 aliphatic rings. The zero-order valence-electron chi connectivity index (χ0n) is 28.5. The molecule has 1 aromatic heterocycles. The van der Waals surface area contributed by atoms with E-state index in [0.717, 1.165) is 28.0 Å². The fourth-order valence-electron chi connectivity index (χ4n) is 7.23. The highest BCUT2D eigenvalue weighted by molar-refractivity contribution is 6.24. The summed E-state index contributed by atoms with van der Waals surface area (Å²) in [6, 6.07) is 11.8. The number of nitrogens with one attached hydrogen (secondary N) is 1. The minimum atomic E-state index is -2.88. The molecule has 1 fully saturated rings. The van der Waals surface area contributed by atoms with Crippen molar-refractivity contribution in [2.75, 3.05) is 18.6 Å². The summed E-state index contributed by atoms with van der Waals surface area (Å²) in [6.45, 7) is 2.28. The van der Waals surface area contributed by atoms with E-state index in [1.165, 1.54) is 43.8 Å². The minimum absolute atomic E-state index is 0.00530. The van der Waals surface area contributed by atoms with Gasteiger partial charge in [-0.05, 0) is 73.7 Å². The lowest BCUT2D eigenvalue weighted by molar-refractivity contribution is -0.136. The van der Waals surface area contributed by atoms with E-state index in [0.29, 0.717) is 35.5 Å². The zero-order valence-corrected chi connectivity index (χ0v) is 28.5. The molecule has 4 heterocycles. The number of aliphatic imine (C=N–C) groups is 1. The van der Waals surface area contributed by atoms with Gasteiger partial charge < -0.3 is 19.9 Å². The van der Waals surface area contributed by atoms with E-state index >= 15 is 0 Å². The number of aromatic nitrogens is 1. The molecule has 7 rings (SSSR count). The molecule has 0 bridgehead atoms. The van der Waals surface area contributed by atoms with Crippen LogP contribution in [0.3, 0.4) is 0 Å². The molecule has 1 saturated heterocycles. The Hall–Kier alpha value is -6.18. The molecule has 0 radical (unpaired) electrons. The van der Waals surface area contributed by atoms with Crippen LogP contribution in [-0.2, 0) is 23.1 Å². The lowest BCUT2D eigenvalue weighted by atomic mass is 9.91. The van der Waals surface area contributed by atoms with Crippen molar-refractivity contribution in [1.82, 2.24) is 14.8 Å².